The molecule has 1 aromatic heterocycles. The molecule has 2 saturated carbocycles. The summed E-state index contributed by atoms with van der Waals surface area (Å²) < 4.78 is 42.6. The Morgan fingerprint density at radius 1 is 1.20 bits per heavy atom. The van der Waals surface area contributed by atoms with Gasteiger partial charge in [-0.25, -0.2) is 17.5 Å². The van der Waals surface area contributed by atoms with Gasteiger partial charge in [-0.15, -0.1) is 0 Å². The number of nitrogens with one attached hydrogen (secondary N) is 1. The van der Waals surface area contributed by atoms with E-state index in [1.165, 1.54) is 49.6 Å². The maximum Gasteiger partial charge on any atom is 0.240 e. The summed E-state index contributed by atoms with van der Waals surface area (Å²) in [5, 5.41) is 4.68. The molecule has 0 spiro atoms. The van der Waals surface area contributed by atoms with E-state index >= 15 is 0 Å². The Morgan fingerprint density at radius 3 is 2.56 bits per heavy atom. The van der Waals surface area contributed by atoms with Crippen molar-refractivity contribution in [3.63, 3.8) is 0 Å². The topological polar surface area (TPSA) is 64.0 Å². The fourth-order valence-electron chi connectivity index (χ4n) is 3.07. The zero-order valence-corrected chi connectivity index (χ0v) is 15.0. The third kappa shape index (κ3) is 3.62. The summed E-state index contributed by atoms with van der Waals surface area (Å²) in [7, 11) is -3.64. The van der Waals surface area contributed by atoms with Gasteiger partial charge in [-0.3, -0.25) is 4.68 Å². The number of nitrogens with zero attached hydrogens (tertiary/aromatic N) is 2. The van der Waals surface area contributed by atoms with Crippen molar-refractivity contribution in [2.24, 2.45) is 0 Å². The van der Waals surface area contributed by atoms with Crippen LogP contribution >= 0.6 is 0 Å². The fourth-order valence-corrected chi connectivity index (χ4v) is 4.18. The minimum atomic E-state index is -3.64. The first-order valence-electron chi connectivity index (χ1n) is 8.77. The zero-order chi connectivity index (χ0) is 17.6. The molecule has 7 heteroatoms. The Hall–Kier alpha value is -1.73. The van der Waals surface area contributed by atoms with Crippen molar-refractivity contribution >= 4 is 10.0 Å². The summed E-state index contributed by atoms with van der Waals surface area (Å²) in [6, 6.07) is 6.03. The summed E-state index contributed by atoms with van der Waals surface area (Å²) >= 11 is 0. The van der Waals surface area contributed by atoms with Gasteiger partial charge in [0.2, 0.25) is 10.0 Å². The van der Waals surface area contributed by atoms with E-state index in [0.717, 1.165) is 5.69 Å². The van der Waals surface area contributed by atoms with Gasteiger partial charge in [-0.1, -0.05) is 0 Å². The molecule has 4 rings (SSSR count). The SMILES string of the molecule is Cc1cc(S(=O)(=O)NCCn2nc(C3CC3)cc2C2CC2)ccc1F. The summed E-state index contributed by atoms with van der Waals surface area (Å²) in [5.74, 6) is 0.770. The van der Waals surface area contributed by atoms with Crippen LogP contribution in [0.25, 0.3) is 0 Å². The van der Waals surface area contributed by atoms with E-state index in [4.69, 9.17) is 0 Å². The minimum absolute atomic E-state index is 0.0907. The van der Waals surface area contributed by atoms with Crippen LogP contribution in [0.2, 0.25) is 0 Å². The predicted octanol–water partition coefficient (Wildman–Crippen LogP) is 3.06. The van der Waals surface area contributed by atoms with E-state index in [9.17, 15) is 12.8 Å². The summed E-state index contributed by atoms with van der Waals surface area (Å²) in [6.45, 7) is 2.33. The van der Waals surface area contributed by atoms with Crippen molar-refractivity contribution in [1.29, 1.82) is 0 Å². The van der Waals surface area contributed by atoms with Crippen LogP contribution in [-0.4, -0.2) is 24.7 Å². The highest BCUT2D eigenvalue weighted by atomic mass is 32.2. The highest BCUT2D eigenvalue weighted by molar-refractivity contribution is 7.89. The highest BCUT2D eigenvalue weighted by Gasteiger charge is 2.32. The van der Waals surface area contributed by atoms with Crippen LogP contribution < -0.4 is 4.72 Å². The molecular weight excluding hydrogens is 341 g/mol. The van der Waals surface area contributed by atoms with Gasteiger partial charge >= 0.3 is 0 Å². The minimum Gasteiger partial charge on any atom is -0.268 e. The lowest BCUT2D eigenvalue weighted by molar-refractivity contribution is 0.547. The maximum atomic E-state index is 13.3. The third-order valence-electron chi connectivity index (χ3n) is 4.88. The number of rotatable bonds is 7. The van der Waals surface area contributed by atoms with E-state index < -0.39 is 15.8 Å². The lowest BCUT2D eigenvalue weighted by Gasteiger charge is -2.10. The van der Waals surface area contributed by atoms with Crippen LogP contribution in [0.4, 0.5) is 4.39 Å². The molecule has 2 aromatic rings. The lowest BCUT2D eigenvalue weighted by Crippen LogP contribution is -2.28. The van der Waals surface area contributed by atoms with Gasteiger partial charge < -0.3 is 0 Å². The molecule has 5 nitrogen and oxygen atoms in total. The molecule has 0 radical (unpaired) electrons. The molecular formula is C18H22FN3O2S. The van der Waals surface area contributed by atoms with Crippen LogP contribution in [0.15, 0.2) is 29.2 Å². The number of halogens is 1. The second kappa shape index (κ2) is 6.21. The van der Waals surface area contributed by atoms with Crippen molar-refractivity contribution in [3.05, 3.63) is 47.0 Å². The quantitative estimate of drug-likeness (QED) is 0.822. The van der Waals surface area contributed by atoms with Crippen molar-refractivity contribution in [3.8, 4) is 0 Å². The zero-order valence-electron chi connectivity index (χ0n) is 14.2. The van der Waals surface area contributed by atoms with Gasteiger partial charge in [0, 0.05) is 24.1 Å². The number of hydrogen-bond donors (Lipinski definition) is 1. The molecule has 2 aliphatic carbocycles. The number of aromatic nitrogens is 2. The Labute approximate surface area is 147 Å². The second-order valence-electron chi connectivity index (χ2n) is 7.07. The first kappa shape index (κ1) is 16.7. The number of sulfonamides is 1. The molecule has 25 heavy (non-hydrogen) atoms. The first-order chi connectivity index (χ1) is 11.9. The number of aryl methyl sites for hydroxylation is 1. The Morgan fingerprint density at radius 2 is 1.92 bits per heavy atom. The van der Waals surface area contributed by atoms with Crippen LogP contribution in [0.5, 0.6) is 0 Å². The Balaban J connectivity index is 1.44. The third-order valence-corrected chi connectivity index (χ3v) is 6.34. The average molecular weight is 363 g/mol. The molecule has 1 aromatic carbocycles. The molecule has 2 fully saturated rings. The average Bonchev–Trinajstić information content (AvgIpc) is 3.48. The van der Waals surface area contributed by atoms with Gasteiger partial charge in [-0.05, 0) is 62.4 Å². The van der Waals surface area contributed by atoms with E-state index in [1.54, 1.807) is 6.92 Å². The van der Waals surface area contributed by atoms with Gasteiger partial charge in [-0.2, -0.15) is 5.10 Å². The molecule has 0 unspecified atom stereocenters. The van der Waals surface area contributed by atoms with E-state index in [1.807, 2.05) is 4.68 Å². The lowest BCUT2D eigenvalue weighted by atomic mass is 10.2. The molecule has 0 atom stereocenters. The van der Waals surface area contributed by atoms with Crippen LogP contribution in [-0.2, 0) is 16.6 Å². The van der Waals surface area contributed by atoms with E-state index in [0.29, 0.717) is 23.9 Å². The van der Waals surface area contributed by atoms with Gasteiger partial charge in [0.25, 0.3) is 0 Å². The van der Waals surface area contributed by atoms with Gasteiger partial charge in [0.1, 0.15) is 5.82 Å². The first-order valence-corrected chi connectivity index (χ1v) is 10.3. The molecule has 2 aliphatic rings. The second-order valence-corrected chi connectivity index (χ2v) is 8.84. The van der Waals surface area contributed by atoms with Crippen molar-refractivity contribution in [2.45, 2.75) is 55.9 Å². The van der Waals surface area contributed by atoms with Crippen LogP contribution in [0.3, 0.4) is 0 Å². The van der Waals surface area contributed by atoms with Gasteiger partial charge in [0.05, 0.1) is 17.1 Å². The maximum absolute atomic E-state index is 13.3. The summed E-state index contributed by atoms with van der Waals surface area (Å²) in [5.41, 5.74) is 2.71. The largest absolute Gasteiger partial charge is 0.268 e. The molecule has 0 bridgehead atoms. The van der Waals surface area contributed by atoms with Crippen LogP contribution in [0, 0.1) is 12.7 Å². The number of benzene rings is 1. The van der Waals surface area contributed by atoms with Crippen molar-refractivity contribution < 1.29 is 12.8 Å². The van der Waals surface area contributed by atoms with Gasteiger partial charge in [0.15, 0.2) is 0 Å². The van der Waals surface area contributed by atoms with Crippen LogP contribution in [0.1, 0.15) is 54.5 Å². The fraction of sp³-hybridized carbons (Fsp3) is 0.500. The summed E-state index contributed by atoms with van der Waals surface area (Å²) in [4.78, 5) is 0.0907. The monoisotopic (exact) mass is 363 g/mol. The van der Waals surface area contributed by atoms with Crippen molar-refractivity contribution in [2.75, 3.05) is 6.54 Å². The molecule has 0 saturated heterocycles. The Kier molecular flexibility index (Phi) is 4.16. The Bertz CT molecular complexity index is 899. The molecule has 0 aliphatic heterocycles. The number of hydrogen-bond acceptors (Lipinski definition) is 3. The van der Waals surface area contributed by atoms with E-state index in [2.05, 4.69) is 15.9 Å². The predicted molar refractivity (Wildman–Crippen MR) is 92.5 cm³/mol. The standard InChI is InChI=1S/C18H22FN3O2S/c1-12-10-15(6-7-16(12)19)25(23,24)20-8-9-22-18(14-4-5-14)11-17(21-22)13-2-3-13/h6-7,10-11,13-14,20H,2-5,8-9H2,1H3. The summed E-state index contributed by atoms with van der Waals surface area (Å²) in [6.07, 6.45) is 4.79. The highest BCUT2D eigenvalue weighted by Crippen LogP contribution is 2.44. The normalized spacial score (nSPS) is 17.8. The van der Waals surface area contributed by atoms with Crippen molar-refractivity contribution in [1.82, 2.24) is 14.5 Å². The van der Waals surface area contributed by atoms with E-state index in [-0.39, 0.29) is 11.4 Å². The molecule has 1 heterocycles. The smallest absolute Gasteiger partial charge is 0.240 e. The molecule has 0 amide bonds. The molecule has 1 N–H and O–H groups in total. The molecule has 134 valence electrons.